The summed E-state index contributed by atoms with van der Waals surface area (Å²) in [5, 5.41) is 7.34. The number of fused-ring (bicyclic) bond motifs is 15. The number of furan rings is 1. The maximum absolute atomic E-state index is 7.03. The van der Waals surface area contributed by atoms with Crippen LogP contribution in [0.4, 0.5) is 34.1 Å². The summed E-state index contributed by atoms with van der Waals surface area (Å²) in [6.07, 6.45) is 0. The molecule has 72 heavy (non-hydrogen) atoms. The topological polar surface area (TPSA) is 29.5 Å². The average Bonchev–Trinajstić information content (AvgIpc) is 4.03. The van der Waals surface area contributed by atoms with Gasteiger partial charge in [0.15, 0.2) is 5.58 Å². The van der Waals surface area contributed by atoms with Crippen molar-refractivity contribution in [3.63, 3.8) is 0 Å². The van der Waals surface area contributed by atoms with Crippen LogP contribution in [0.1, 0.15) is 79.0 Å². The Labute approximate surface area is 420 Å². The predicted octanol–water partition coefficient (Wildman–Crippen LogP) is 16.1. The molecule has 9 aromatic carbocycles. The molecule has 0 unspecified atom stereocenters. The van der Waals surface area contributed by atoms with Gasteiger partial charge in [-0.15, -0.1) is 0 Å². The summed E-state index contributed by atoms with van der Waals surface area (Å²) in [7, 11) is 0. The summed E-state index contributed by atoms with van der Waals surface area (Å²) >= 11 is 0. The van der Waals surface area contributed by atoms with Gasteiger partial charge in [0.25, 0.3) is 6.71 Å². The van der Waals surface area contributed by atoms with Crippen LogP contribution in [0.25, 0.3) is 76.9 Å². The zero-order valence-electron chi connectivity index (χ0n) is 42.4. The molecular weight excluding hydrogens is 876 g/mol. The molecule has 15 rings (SSSR count). The summed E-state index contributed by atoms with van der Waals surface area (Å²) in [6, 6.07) is 64.7. The highest BCUT2D eigenvalue weighted by atomic mass is 16.3. The maximum atomic E-state index is 7.03. The second-order valence-electron chi connectivity index (χ2n) is 23.8. The van der Waals surface area contributed by atoms with Crippen LogP contribution in [0, 0.1) is 0 Å². The zero-order valence-corrected chi connectivity index (χ0v) is 42.4. The van der Waals surface area contributed by atoms with Crippen LogP contribution in [0.5, 0.6) is 0 Å². The molecule has 6 heteroatoms. The van der Waals surface area contributed by atoms with Crippen molar-refractivity contribution in [2.24, 2.45) is 0 Å². The molecule has 5 nitrogen and oxygen atoms in total. The van der Waals surface area contributed by atoms with Gasteiger partial charge in [-0.25, -0.2) is 0 Å². The van der Waals surface area contributed by atoms with Gasteiger partial charge in [0.2, 0.25) is 0 Å². The Morgan fingerprint density at radius 2 is 0.958 bits per heavy atom. The first-order valence-electron chi connectivity index (χ1n) is 25.7. The molecule has 0 spiro atoms. The van der Waals surface area contributed by atoms with Crippen molar-refractivity contribution in [3.05, 3.63) is 187 Å². The van der Waals surface area contributed by atoms with E-state index in [0.29, 0.717) is 0 Å². The smallest absolute Gasteiger partial charge is 0.252 e. The minimum Gasteiger partial charge on any atom is -0.454 e. The standard InChI is InChI=1S/C66H55BN4O/c1-64(2,3)38-27-31-51-46(33-38)47-34-39(65(4,5)6)28-32-52(47)68(51)41-29-30-48-56(37-41)69(55-25-15-20-45-43-18-11-13-26-59(43)72-63(45)55)57-35-40(66(7,8)9)36-58-60(57)67(48)49-21-16-24-54-62(49)71(58)53-23-14-19-44-42-17-10-12-22-50(42)70(54)61(44)53/h10-37H,1-9H3. The number of nitrogens with zero attached hydrogens (tertiary/aromatic N) is 4. The minimum atomic E-state index is -0.169. The zero-order chi connectivity index (χ0) is 48.9. The van der Waals surface area contributed by atoms with E-state index in [2.05, 4.69) is 251 Å². The molecule has 3 aliphatic rings. The van der Waals surface area contributed by atoms with E-state index < -0.39 is 0 Å². The maximum Gasteiger partial charge on any atom is 0.252 e. The van der Waals surface area contributed by atoms with Gasteiger partial charge < -0.3 is 23.4 Å². The third-order valence-corrected chi connectivity index (χ3v) is 16.5. The Balaban J connectivity index is 1.08. The molecule has 12 aromatic rings. The Morgan fingerprint density at radius 3 is 1.67 bits per heavy atom. The number of rotatable bonds is 2. The molecule has 0 N–H and O–H groups in total. The first-order chi connectivity index (χ1) is 34.6. The van der Waals surface area contributed by atoms with E-state index in [9.17, 15) is 0 Å². The first kappa shape index (κ1) is 41.8. The van der Waals surface area contributed by atoms with Crippen LogP contribution in [0.3, 0.4) is 0 Å². The van der Waals surface area contributed by atoms with E-state index in [1.165, 1.54) is 105 Å². The predicted molar refractivity (Wildman–Crippen MR) is 306 cm³/mol. The van der Waals surface area contributed by atoms with E-state index in [4.69, 9.17) is 4.42 Å². The van der Waals surface area contributed by atoms with Crippen LogP contribution in [-0.4, -0.2) is 15.8 Å². The van der Waals surface area contributed by atoms with Crippen molar-refractivity contribution in [2.45, 2.75) is 78.6 Å². The Morgan fingerprint density at radius 1 is 0.375 bits per heavy atom. The first-order valence-corrected chi connectivity index (χ1v) is 25.7. The molecule has 0 fully saturated rings. The fraction of sp³-hybridized carbons (Fsp3) is 0.182. The Bertz CT molecular complexity index is 4300. The van der Waals surface area contributed by atoms with Crippen molar-refractivity contribution < 1.29 is 4.42 Å². The average molecular weight is 931 g/mol. The third kappa shape index (κ3) is 5.50. The molecule has 3 aromatic heterocycles. The molecule has 0 aliphatic carbocycles. The quantitative estimate of drug-likeness (QED) is 0.162. The Kier molecular flexibility index (Phi) is 8.08. The van der Waals surface area contributed by atoms with E-state index in [-0.39, 0.29) is 23.0 Å². The van der Waals surface area contributed by atoms with Crippen molar-refractivity contribution in [1.29, 1.82) is 0 Å². The summed E-state index contributed by atoms with van der Waals surface area (Å²) in [5.41, 5.74) is 23.7. The van der Waals surface area contributed by atoms with E-state index in [1.807, 2.05) is 0 Å². The molecule has 0 bridgehead atoms. The van der Waals surface area contributed by atoms with Gasteiger partial charge >= 0.3 is 0 Å². The fourth-order valence-corrected chi connectivity index (χ4v) is 12.8. The lowest BCUT2D eigenvalue weighted by atomic mass is 9.33. The molecule has 0 saturated heterocycles. The van der Waals surface area contributed by atoms with Crippen LogP contribution in [0.2, 0.25) is 0 Å². The van der Waals surface area contributed by atoms with Crippen LogP contribution in [0.15, 0.2) is 174 Å². The monoisotopic (exact) mass is 930 g/mol. The summed E-state index contributed by atoms with van der Waals surface area (Å²) < 4.78 is 12.1. The molecule has 0 atom stereocenters. The third-order valence-electron chi connectivity index (χ3n) is 16.5. The lowest BCUT2D eigenvalue weighted by Gasteiger charge is -2.46. The molecule has 0 saturated carbocycles. The Hall–Kier alpha value is -7.96. The van der Waals surface area contributed by atoms with Crippen molar-refractivity contribution in [2.75, 3.05) is 9.80 Å². The van der Waals surface area contributed by atoms with Crippen LogP contribution >= 0.6 is 0 Å². The van der Waals surface area contributed by atoms with Crippen molar-refractivity contribution >= 4 is 123 Å². The molecule has 6 heterocycles. The van der Waals surface area contributed by atoms with E-state index in [1.54, 1.807) is 0 Å². The summed E-state index contributed by atoms with van der Waals surface area (Å²) in [6.45, 7) is 20.9. The van der Waals surface area contributed by atoms with Gasteiger partial charge in [-0.05, 0) is 128 Å². The van der Waals surface area contributed by atoms with Gasteiger partial charge in [0, 0.05) is 55.1 Å². The number of aromatic nitrogens is 2. The summed E-state index contributed by atoms with van der Waals surface area (Å²) in [5.74, 6) is 0. The lowest BCUT2D eigenvalue weighted by Crippen LogP contribution is -2.62. The largest absolute Gasteiger partial charge is 0.454 e. The van der Waals surface area contributed by atoms with Crippen LogP contribution in [-0.2, 0) is 16.2 Å². The molecule has 3 aliphatic heterocycles. The van der Waals surface area contributed by atoms with Gasteiger partial charge in [-0.1, -0.05) is 153 Å². The van der Waals surface area contributed by atoms with Gasteiger partial charge in [0.1, 0.15) is 5.58 Å². The number of anilines is 6. The molecule has 0 radical (unpaired) electrons. The van der Waals surface area contributed by atoms with Crippen molar-refractivity contribution in [3.8, 4) is 11.4 Å². The molecule has 348 valence electrons. The highest BCUT2D eigenvalue weighted by molar-refractivity contribution is 7.00. The normalized spacial score (nSPS) is 14.1. The molecule has 0 amide bonds. The highest BCUT2D eigenvalue weighted by Crippen LogP contribution is 2.54. The second-order valence-corrected chi connectivity index (χ2v) is 23.8. The minimum absolute atomic E-state index is 0.00113. The van der Waals surface area contributed by atoms with Crippen LogP contribution < -0.4 is 26.2 Å². The van der Waals surface area contributed by atoms with Crippen molar-refractivity contribution in [1.82, 2.24) is 9.13 Å². The number of para-hydroxylation sites is 5. The number of hydrogen-bond donors (Lipinski definition) is 0. The van der Waals surface area contributed by atoms with Gasteiger partial charge in [-0.3, -0.25) is 0 Å². The van der Waals surface area contributed by atoms with Gasteiger partial charge in [0.05, 0.1) is 44.8 Å². The second kappa shape index (κ2) is 13.9. The fourth-order valence-electron chi connectivity index (χ4n) is 12.8. The lowest BCUT2D eigenvalue weighted by molar-refractivity contribution is 0.590. The number of hydrogen-bond acceptors (Lipinski definition) is 3. The van der Waals surface area contributed by atoms with Gasteiger partial charge in [-0.2, -0.15) is 0 Å². The van der Waals surface area contributed by atoms with E-state index in [0.717, 1.165) is 39.0 Å². The summed E-state index contributed by atoms with van der Waals surface area (Å²) in [4.78, 5) is 5.18. The highest BCUT2D eigenvalue weighted by Gasteiger charge is 2.47. The SMILES string of the molecule is CC(C)(C)c1cc2c3c(c1)N1c4c(cccc4-n4c5ccccc5c5cccc1c54)B3c1ccc(-n3c4ccc(C(C)(C)C)cc4c4cc(C(C)(C)C)ccc43)cc1N2c1cccc2c1oc1ccccc12. The molecular formula is C66H55BN4O. The van der Waals surface area contributed by atoms with E-state index >= 15 is 0 Å². The number of benzene rings is 9.